The zero-order chi connectivity index (χ0) is 18.0. The highest BCUT2D eigenvalue weighted by Gasteiger charge is 2.19. The van der Waals surface area contributed by atoms with E-state index in [4.69, 9.17) is 23.2 Å². The quantitative estimate of drug-likeness (QED) is 0.455. The lowest BCUT2D eigenvalue weighted by molar-refractivity contribution is 0.0593. The molecule has 4 nitrogen and oxygen atoms in total. The number of carbonyl (C=O) groups excluding carboxylic acids is 1. The fourth-order valence-corrected chi connectivity index (χ4v) is 3.76. The van der Waals surface area contributed by atoms with Crippen molar-refractivity contribution in [3.8, 4) is 0 Å². The lowest BCUT2D eigenvalue weighted by atomic mass is 10.1. The second kappa shape index (κ2) is 7.68. The van der Waals surface area contributed by atoms with E-state index < -0.39 is 5.97 Å². The van der Waals surface area contributed by atoms with Gasteiger partial charge in [0.25, 0.3) is 0 Å². The minimum atomic E-state index is -0.438. The standard InChI is InChI=1S/C10H8ClNO2.C8H5BrClN/c1-14-10(13)9-7-4-2-3-6(7)5-8(11)12-9;9-8-6-3-1-2-5(6)4-7(10)11-8/h2-3,5H,4H2,1H3;1-2,4H,3H2. The first-order chi connectivity index (χ1) is 12.0. The fraction of sp³-hybridized carbons (Fsp3) is 0.167. The summed E-state index contributed by atoms with van der Waals surface area (Å²) in [5, 5.41) is 0.859. The molecule has 0 saturated carbocycles. The SMILES string of the molecule is COC(=O)c1nc(Cl)cc2c1CC=C2.Clc1cc2c(c(Br)n1)CC=C2. The van der Waals surface area contributed by atoms with Crippen molar-refractivity contribution in [1.29, 1.82) is 0 Å². The van der Waals surface area contributed by atoms with Crippen LogP contribution in [0.4, 0.5) is 0 Å². The van der Waals surface area contributed by atoms with Crippen LogP contribution in [-0.2, 0) is 17.6 Å². The molecule has 0 fully saturated rings. The lowest BCUT2D eigenvalue weighted by Crippen LogP contribution is -2.08. The molecule has 0 radical (unpaired) electrons. The van der Waals surface area contributed by atoms with Crippen molar-refractivity contribution in [2.75, 3.05) is 7.11 Å². The summed E-state index contributed by atoms with van der Waals surface area (Å²) < 4.78 is 5.49. The predicted octanol–water partition coefficient (Wildman–Crippen LogP) is 5.16. The Morgan fingerprint density at radius 1 is 1.04 bits per heavy atom. The van der Waals surface area contributed by atoms with Crippen molar-refractivity contribution in [3.05, 3.63) is 67.1 Å². The van der Waals surface area contributed by atoms with Gasteiger partial charge < -0.3 is 4.74 Å². The molecule has 0 unspecified atom stereocenters. The first kappa shape index (κ1) is 18.1. The maximum atomic E-state index is 11.4. The van der Waals surface area contributed by atoms with Crippen LogP contribution in [0, 0.1) is 0 Å². The smallest absolute Gasteiger partial charge is 0.357 e. The van der Waals surface area contributed by atoms with Gasteiger partial charge in [-0.25, -0.2) is 14.8 Å². The third kappa shape index (κ3) is 3.94. The Hall–Kier alpha value is -1.69. The minimum Gasteiger partial charge on any atom is -0.464 e. The summed E-state index contributed by atoms with van der Waals surface area (Å²) in [6, 6.07) is 3.62. The number of hydrogen-bond donors (Lipinski definition) is 0. The molecule has 2 aliphatic rings. The molecule has 2 aliphatic carbocycles. The number of pyridine rings is 2. The first-order valence-corrected chi connectivity index (χ1v) is 9.00. The van der Waals surface area contributed by atoms with Gasteiger partial charge in [0.15, 0.2) is 5.69 Å². The molecule has 7 heteroatoms. The molecule has 0 amide bonds. The van der Waals surface area contributed by atoms with Crippen molar-refractivity contribution in [2.24, 2.45) is 0 Å². The molecule has 2 aromatic rings. The molecule has 25 heavy (non-hydrogen) atoms. The molecule has 4 rings (SSSR count). The van der Waals surface area contributed by atoms with Gasteiger partial charge in [0.1, 0.15) is 14.9 Å². The average molecular weight is 440 g/mol. The van der Waals surface area contributed by atoms with E-state index in [1.807, 2.05) is 18.2 Å². The fourth-order valence-electron chi connectivity index (χ4n) is 2.67. The molecule has 0 aliphatic heterocycles. The van der Waals surface area contributed by atoms with Crippen molar-refractivity contribution in [1.82, 2.24) is 9.97 Å². The normalized spacial score (nSPS) is 13.1. The number of nitrogens with zero attached hydrogens (tertiary/aromatic N) is 2. The van der Waals surface area contributed by atoms with Gasteiger partial charge in [-0.1, -0.05) is 47.5 Å². The summed E-state index contributed by atoms with van der Waals surface area (Å²) in [7, 11) is 1.33. The Morgan fingerprint density at radius 3 is 2.24 bits per heavy atom. The van der Waals surface area contributed by atoms with Crippen LogP contribution in [0.25, 0.3) is 12.2 Å². The molecule has 0 spiro atoms. The summed E-state index contributed by atoms with van der Waals surface area (Å²) in [4.78, 5) is 19.4. The minimum absolute atomic E-state index is 0.315. The van der Waals surface area contributed by atoms with E-state index in [1.54, 1.807) is 6.07 Å². The highest BCUT2D eigenvalue weighted by atomic mass is 79.9. The van der Waals surface area contributed by atoms with Crippen LogP contribution in [0.1, 0.15) is 32.7 Å². The number of esters is 1. The number of fused-ring (bicyclic) bond motifs is 2. The van der Waals surface area contributed by atoms with E-state index >= 15 is 0 Å². The first-order valence-electron chi connectivity index (χ1n) is 7.45. The summed E-state index contributed by atoms with van der Waals surface area (Å²) in [5.41, 5.74) is 4.57. The van der Waals surface area contributed by atoms with E-state index in [9.17, 15) is 4.79 Å². The van der Waals surface area contributed by atoms with Crippen molar-refractivity contribution in [2.45, 2.75) is 12.8 Å². The molecule has 0 bridgehead atoms. The zero-order valence-electron chi connectivity index (χ0n) is 13.2. The molecule has 2 aromatic heterocycles. The van der Waals surface area contributed by atoms with Gasteiger partial charge in [0.2, 0.25) is 0 Å². The van der Waals surface area contributed by atoms with Crippen molar-refractivity contribution in [3.63, 3.8) is 0 Å². The summed E-state index contributed by atoms with van der Waals surface area (Å²) in [5.74, 6) is -0.438. The van der Waals surface area contributed by atoms with Crippen LogP contribution in [0.5, 0.6) is 0 Å². The third-order valence-electron chi connectivity index (χ3n) is 3.82. The number of hydrogen-bond acceptors (Lipinski definition) is 4. The Morgan fingerprint density at radius 2 is 1.60 bits per heavy atom. The Kier molecular flexibility index (Phi) is 5.57. The molecule has 0 atom stereocenters. The Balaban J connectivity index is 0.000000150. The number of carbonyl (C=O) groups is 1. The second-order valence-corrected chi connectivity index (χ2v) is 6.90. The molecule has 0 N–H and O–H groups in total. The Bertz CT molecular complexity index is 910. The maximum Gasteiger partial charge on any atom is 0.357 e. The van der Waals surface area contributed by atoms with Crippen LogP contribution in [0.3, 0.4) is 0 Å². The van der Waals surface area contributed by atoms with Gasteiger partial charge in [0.05, 0.1) is 7.11 Å². The van der Waals surface area contributed by atoms with Gasteiger partial charge in [-0.15, -0.1) is 0 Å². The number of methoxy groups -OCH3 is 1. The van der Waals surface area contributed by atoms with E-state index in [0.29, 0.717) is 22.4 Å². The predicted molar refractivity (Wildman–Crippen MR) is 103 cm³/mol. The van der Waals surface area contributed by atoms with Crippen LogP contribution >= 0.6 is 39.1 Å². The summed E-state index contributed by atoms with van der Waals surface area (Å²) in [6.07, 6.45) is 9.73. The largest absolute Gasteiger partial charge is 0.464 e. The second-order valence-electron chi connectivity index (χ2n) is 5.37. The lowest BCUT2D eigenvalue weighted by Gasteiger charge is -2.05. The van der Waals surface area contributed by atoms with Gasteiger partial charge in [-0.3, -0.25) is 0 Å². The van der Waals surface area contributed by atoms with Gasteiger partial charge >= 0.3 is 5.97 Å². The molecular weight excluding hydrogens is 427 g/mol. The highest BCUT2D eigenvalue weighted by Crippen LogP contribution is 2.28. The van der Waals surface area contributed by atoms with E-state index in [1.165, 1.54) is 18.2 Å². The number of rotatable bonds is 1. The maximum absolute atomic E-state index is 11.4. The number of halogens is 3. The van der Waals surface area contributed by atoms with Crippen molar-refractivity contribution < 1.29 is 9.53 Å². The van der Waals surface area contributed by atoms with Gasteiger partial charge in [-0.2, -0.15) is 0 Å². The molecule has 2 heterocycles. The average Bonchev–Trinajstić information content (AvgIpc) is 3.22. The number of allylic oxidation sites excluding steroid dienone is 2. The van der Waals surface area contributed by atoms with E-state index in [-0.39, 0.29) is 0 Å². The van der Waals surface area contributed by atoms with Crippen LogP contribution in [-0.4, -0.2) is 23.0 Å². The molecule has 0 aromatic carbocycles. The van der Waals surface area contributed by atoms with Crippen molar-refractivity contribution >= 4 is 57.3 Å². The van der Waals surface area contributed by atoms with Gasteiger partial charge in [-0.05, 0) is 63.2 Å². The Labute approximate surface area is 163 Å². The van der Waals surface area contributed by atoms with Crippen LogP contribution in [0.2, 0.25) is 10.3 Å². The number of aromatic nitrogens is 2. The van der Waals surface area contributed by atoms with E-state index in [0.717, 1.165) is 22.2 Å². The highest BCUT2D eigenvalue weighted by molar-refractivity contribution is 9.10. The monoisotopic (exact) mass is 438 g/mol. The zero-order valence-corrected chi connectivity index (χ0v) is 16.3. The van der Waals surface area contributed by atoms with Crippen LogP contribution in [0.15, 0.2) is 28.9 Å². The third-order valence-corrected chi connectivity index (χ3v) is 4.87. The summed E-state index contributed by atoms with van der Waals surface area (Å²) in [6.45, 7) is 0. The van der Waals surface area contributed by atoms with Crippen LogP contribution < -0.4 is 0 Å². The van der Waals surface area contributed by atoms with Gasteiger partial charge in [0, 0.05) is 0 Å². The molecular formula is C18H13BrCl2N2O2. The molecule has 0 saturated heterocycles. The van der Waals surface area contributed by atoms with E-state index in [2.05, 4.69) is 42.8 Å². The summed E-state index contributed by atoms with van der Waals surface area (Å²) >= 11 is 14.9. The topological polar surface area (TPSA) is 52.1 Å². The molecule has 128 valence electrons. The number of ether oxygens (including phenoxy) is 1.